The first-order chi connectivity index (χ1) is 10.5. The van der Waals surface area contributed by atoms with Gasteiger partial charge in [-0.15, -0.1) is 0 Å². The molecule has 1 amide bonds. The number of hydrogen-bond acceptors (Lipinski definition) is 3. The Labute approximate surface area is 138 Å². The van der Waals surface area contributed by atoms with Crippen LogP contribution in [-0.2, 0) is 11.2 Å². The second kappa shape index (κ2) is 7.31. The molecule has 22 heavy (non-hydrogen) atoms. The summed E-state index contributed by atoms with van der Waals surface area (Å²) in [5.41, 5.74) is 1.74. The van der Waals surface area contributed by atoms with Crippen molar-refractivity contribution >= 4 is 27.5 Å². The molecular weight excluding hydrogens is 346 g/mol. The molecule has 0 unspecified atom stereocenters. The largest absolute Gasteiger partial charge is 0.493 e. The van der Waals surface area contributed by atoms with Crippen LogP contribution in [0.25, 0.3) is 0 Å². The van der Waals surface area contributed by atoms with Gasteiger partial charge < -0.3 is 14.4 Å². The SMILES string of the molecule is COc1ccc(N(C)C(=O)Cc2ccc(Br)cc2)cc1OC. The summed E-state index contributed by atoms with van der Waals surface area (Å²) in [5.74, 6) is 1.25. The molecule has 0 fully saturated rings. The Hall–Kier alpha value is -2.01. The number of carbonyl (C=O) groups excluding carboxylic acids is 1. The molecule has 0 aliphatic carbocycles. The third kappa shape index (κ3) is 3.80. The van der Waals surface area contributed by atoms with Crippen LogP contribution < -0.4 is 14.4 Å². The lowest BCUT2D eigenvalue weighted by Gasteiger charge is -2.19. The highest BCUT2D eigenvalue weighted by Crippen LogP contribution is 2.31. The number of anilines is 1. The van der Waals surface area contributed by atoms with Crippen LogP contribution in [0.4, 0.5) is 5.69 Å². The third-order valence-corrected chi connectivity index (χ3v) is 3.93. The zero-order valence-corrected chi connectivity index (χ0v) is 14.4. The fourth-order valence-corrected chi connectivity index (χ4v) is 2.34. The maximum Gasteiger partial charge on any atom is 0.231 e. The molecule has 116 valence electrons. The predicted octanol–water partition coefficient (Wildman–Crippen LogP) is 3.67. The molecule has 2 aromatic carbocycles. The Balaban J connectivity index is 2.14. The Kier molecular flexibility index (Phi) is 5.44. The monoisotopic (exact) mass is 363 g/mol. The van der Waals surface area contributed by atoms with Crippen LogP contribution in [0.2, 0.25) is 0 Å². The van der Waals surface area contributed by atoms with Crippen LogP contribution in [0.3, 0.4) is 0 Å². The van der Waals surface area contributed by atoms with Gasteiger partial charge in [0, 0.05) is 23.3 Å². The van der Waals surface area contributed by atoms with Crippen molar-refractivity contribution in [3.63, 3.8) is 0 Å². The molecule has 0 N–H and O–H groups in total. The molecule has 0 bridgehead atoms. The minimum Gasteiger partial charge on any atom is -0.493 e. The van der Waals surface area contributed by atoms with Gasteiger partial charge in [0.05, 0.1) is 20.6 Å². The quantitative estimate of drug-likeness (QED) is 0.813. The van der Waals surface area contributed by atoms with Crippen molar-refractivity contribution < 1.29 is 14.3 Å². The summed E-state index contributed by atoms with van der Waals surface area (Å²) >= 11 is 3.39. The predicted molar refractivity (Wildman–Crippen MR) is 90.8 cm³/mol. The molecule has 0 atom stereocenters. The molecule has 2 aromatic rings. The Bertz CT molecular complexity index is 655. The average molecular weight is 364 g/mol. The first-order valence-corrected chi connectivity index (χ1v) is 7.57. The first-order valence-electron chi connectivity index (χ1n) is 6.78. The summed E-state index contributed by atoms with van der Waals surface area (Å²) in [5, 5.41) is 0. The Morgan fingerprint density at radius 2 is 1.68 bits per heavy atom. The van der Waals surface area contributed by atoms with Crippen LogP contribution in [0.1, 0.15) is 5.56 Å². The van der Waals surface area contributed by atoms with E-state index in [1.54, 1.807) is 38.3 Å². The lowest BCUT2D eigenvalue weighted by atomic mass is 10.1. The molecular formula is C17H18BrNO3. The lowest BCUT2D eigenvalue weighted by Crippen LogP contribution is -2.27. The maximum absolute atomic E-state index is 12.4. The first kappa shape index (κ1) is 16.4. The molecule has 2 rings (SSSR count). The number of ether oxygens (including phenoxy) is 2. The van der Waals surface area contributed by atoms with Gasteiger partial charge in [-0.3, -0.25) is 4.79 Å². The van der Waals surface area contributed by atoms with E-state index in [1.807, 2.05) is 30.3 Å². The van der Waals surface area contributed by atoms with E-state index >= 15 is 0 Å². The zero-order chi connectivity index (χ0) is 16.1. The number of carbonyl (C=O) groups is 1. The van der Waals surface area contributed by atoms with Crippen molar-refractivity contribution in [3.8, 4) is 11.5 Å². The molecule has 0 spiro atoms. The highest BCUT2D eigenvalue weighted by Gasteiger charge is 2.14. The standard InChI is InChI=1S/C17H18BrNO3/c1-19(14-8-9-15(21-2)16(11-14)22-3)17(20)10-12-4-6-13(18)7-5-12/h4-9,11H,10H2,1-3H3. The summed E-state index contributed by atoms with van der Waals surface area (Å²) in [4.78, 5) is 14.0. The molecule has 0 aromatic heterocycles. The van der Waals surface area contributed by atoms with Gasteiger partial charge in [-0.2, -0.15) is 0 Å². The highest BCUT2D eigenvalue weighted by atomic mass is 79.9. The topological polar surface area (TPSA) is 38.8 Å². The van der Waals surface area contributed by atoms with Gasteiger partial charge >= 0.3 is 0 Å². The van der Waals surface area contributed by atoms with Crippen LogP contribution >= 0.6 is 15.9 Å². The smallest absolute Gasteiger partial charge is 0.231 e. The van der Waals surface area contributed by atoms with Crippen molar-refractivity contribution in [1.82, 2.24) is 0 Å². The molecule has 0 aliphatic heterocycles. The van der Waals surface area contributed by atoms with Gasteiger partial charge in [-0.1, -0.05) is 28.1 Å². The Morgan fingerprint density at radius 3 is 2.27 bits per heavy atom. The van der Waals surface area contributed by atoms with E-state index in [0.29, 0.717) is 17.9 Å². The molecule has 4 nitrogen and oxygen atoms in total. The van der Waals surface area contributed by atoms with Crippen LogP contribution in [0.5, 0.6) is 11.5 Å². The van der Waals surface area contributed by atoms with Gasteiger partial charge in [0.1, 0.15) is 0 Å². The van der Waals surface area contributed by atoms with Crippen molar-refractivity contribution in [2.75, 3.05) is 26.2 Å². The number of amides is 1. The van der Waals surface area contributed by atoms with E-state index in [1.165, 1.54) is 0 Å². The van der Waals surface area contributed by atoms with Crippen LogP contribution in [0.15, 0.2) is 46.9 Å². The summed E-state index contributed by atoms with van der Waals surface area (Å²) < 4.78 is 11.5. The number of nitrogens with zero attached hydrogens (tertiary/aromatic N) is 1. The number of rotatable bonds is 5. The van der Waals surface area contributed by atoms with E-state index in [9.17, 15) is 4.79 Å². The van der Waals surface area contributed by atoms with Crippen molar-refractivity contribution in [2.45, 2.75) is 6.42 Å². The number of halogens is 1. The fourth-order valence-electron chi connectivity index (χ4n) is 2.07. The third-order valence-electron chi connectivity index (χ3n) is 3.40. The molecule has 0 aliphatic rings. The van der Waals surface area contributed by atoms with Gasteiger partial charge in [0.15, 0.2) is 11.5 Å². The summed E-state index contributed by atoms with van der Waals surface area (Å²) in [7, 11) is 4.91. The highest BCUT2D eigenvalue weighted by molar-refractivity contribution is 9.10. The van der Waals surface area contributed by atoms with Gasteiger partial charge in [-0.05, 0) is 29.8 Å². The fraction of sp³-hybridized carbons (Fsp3) is 0.235. The van der Waals surface area contributed by atoms with E-state index < -0.39 is 0 Å². The van der Waals surface area contributed by atoms with Crippen LogP contribution in [-0.4, -0.2) is 27.2 Å². The van der Waals surface area contributed by atoms with E-state index in [2.05, 4.69) is 15.9 Å². The number of methoxy groups -OCH3 is 2. The van der Waals surface area contributed by atoms with Crippen LogP contribution in [0, 0.1) is 0 Å². The number of benzene rings is 2. The van der Waals surface area contributed by atoms with E-state index in [0.717, 1.165) is 15.7 Å². The van der Waals surface area contributed by atoms with Crippen molar-refractivity contribution in [2.24, 2.45) is 0 Å². The van der Waals surface area contributed by atoms with Gasteiger partial charge in [0.25, 0.3) is 0 Å². The van der Waals surface area contributed by atoms with Crippen molar-refractivity contribution in [1.29, 1.82) is 0 Å². The zero-order valence-electron chi connectivity index (χ0n) is 12.8. The number of likely N-dealkylation sites (N-methyl/N-ethyl adjacent to an activating group) is 1. The van der Waals surface area contributed by atoms with E-state index in [4.69, 9.17) is 9.47 Å². The minimum absolute atomic E-state index is 0.00884. The Morgan fingerprint density at radius 1 is 1.05 bits per heavy atom. The van der Waals surface area contributed by atoms with Crippen molar-refractivity contribution in [3.05, 3.63) is 52.5 Å². The summed E-state index contributed by atoms with van der Waals surface area (Å²) in [6.45, 7) is 0. The maximum atomic E-state index is 12.4. The average Bonchev–Trinajstić information content (AvgIpc) is 2.55. The summed E-state index contributed by atoms with van der Waals surface area (Å²) in [6, 6.07) is 13.1. The molecule has 0 saturated heterocycles. The lowest BCUT2D eigenvalue weighted by molar-refractivity contribution is -0.117. The number of hydrogen-bond donors (Lipinski definition) is 0. The van der Waals surface area contributed by atoms with E-state index in [-0.39, 0.29) is 5.91 Å². The molecule has 0 saturated carbocycles. The minimum atomic E-state index is 0.00884. The second-order valence-electron chi connectivity index (χ2n) is 4.80. The molecule has 0 heterocycles. The summed E-state index contributed by atoms with van der Waals surface area (Å²) in [6.07, 6.45) is 0.345. The van der Waals surface area contributed by atoms with Gasteiger partial charge in [0.2, 0.25) is 5.91 Å². The second-order valence-corrected chi connectivity index (χ2v) is 5.71. The normalized spacial score (nSPS) is 10.2. The van der Waals surface area contributed by atoms with Gasteiger partial charge in [-0.25, -0.2) is 0 Å². The molecule has 5 heteroatoms. The molecule has 0 radical (unpaired) electrons.